The molecule has 1 aliphatic heterocycles. The summed E-state index contributed by atoms with van der Waals surface area (Å²) in [6.45, 7) is 0.891. The zero-order valence-corrected chi connectivity index (χ0v) is 13.1. The van der Waals surface area contributed by atoms with Crippen LogP contribution in [0.2, 0.25) is 0 Å². The molecule has 1 heterocycles. The minimum atomic E-state index is 0.0355. The highest BCUT2D eigenvalue weighted by Crippen LogP contribution is 2.42. The first-order valence-electron chi connectivity index (χ1n) is 6.50. The first-order valence-corrected chi connectivity index (χ1v) is 8.71. The SMILES string of the molecule is COc1ccccc1C1SCC(=O)N1CCSCCO. The normalized spacial score (nSPS) is 18.6. The Morgan fingerprint density at radius 1 is 1.45 bits per heavy atom. The van der Waals surface area contributed by atoms with Crippen LogP contribution in [0.15, 0.2) is 24.3 Å². The van der Waals surface area contributed by atoms with Gasteiger partial charge in [-0.15, -0.1) is 11.8 Å². The van der Waals surface area contributed by atoms with Crippen molar-refractivity contribution < 1.29 is 14.6 Å². The molecule has 0 aromatic heterocycles. The number of para-hydroxylation sites is 1. The summed E-state index contributed by atoms with van der Waals surface area (Å²) in [5, 5.41) is 8.82. The summed E-state index contributed by atoms with van der Waals surface area (Å²) in [5.41, 5.74) is 1.05. The Hall–Kier alpha value is -0.850. The molecule has 1 aliphatic rings. The van der Waals surface area contributed by atoms with Gasteiger partial charge in [0.1, 0.15) is 11.1 Å². The first-order chi connectivity index (χ1) is 9.77. The molecule has 0 spiro atoms. The van der Waals surface area contributed by atoms with E-state index in [0.717, 1.165) is 17.1 Å². The predicted molar refractivity (Wildman–Crippen MR) is 84.3 cm³/mol. The summed E-state index contributed by atoms with van der Waals surface area (Å²) in [5.74, 6) is 3.09. The number of hydrogen-bond donors (Lipinski definition) is 1. The van der Waals surface area contributed by atoms with Crippen LogP contribution in [0.3, 0.4) is 0 Å². The number of aliphatic hydroxyl groups is 1. The molecule has 1 saturated heterocycles. The van der Waals surface area contributed by atoms with Crippen molar-refractivity contribution in [2.24, 2.45) is 0 Å². The number of rotatable bonds is 7. The highest BCUT2D eigenvalue weighted by Gasteiger charge is 2.33. The molecule has 2 rings (SSSR count). The van der Waals surface area contributed by atoms with Crippen LogP contribution in [0.25, 0.3) is 0 Å². The molecule has 1 fully saturated rings. The van der Waals surface area contributed by atoms with Crippen LogP contribution < -0.4 is 4.74 Å². The van der Waals surface area contributed by atoms with Crippen LogP contribution in [-0.4, -0.2) is 53.4 Å². The smallest absolute Gasteiger partial charge is 0.233 e. The van der Waals surface area contributed by atoms with Gasteiger partial charge >= 0.3 is 0 Å². The summed E-state index contributed by atoms with van der Waals surface area (Å²) < 4.78 is 5.39. The Labute approximate surface area is 127 Å². The van der Waals surface area contributed by atoms with E-state index in [1.54, 1.807) is 30.6 Å². The minimum absolute atomic E-state index is 0.0355. The number of carbonyl (C=O) groups is 1. The number of hydrogen-bond acceptors (Lipinski definition) is 5. The van der Waals surface area contributed by atoms with Crippen LogP contribution in [0.5, 0.6) is 5.75 Å². The molecular formula is C14H19NO3S2. The number of benzene rings is 1. The van der Waals surface area contributed by atoms with Gasteiger partial charge in [0.2, 0.25) is 5.91 Å². The summed E-state index contributed by atoms with van der Waals surface area (Å²) in [6.07, 6.45) is 0. The minimum Gasteiger partial charge on any atom is -0.496 e. The van der Waals surface area contributed by atoms with Gasteiger partial charge in [0.15, 0.2) is 0 Å². The van der Waals surface area contributed by atoms with E-state index < -0.39 is 0 Å². The Balaban J connectivity index is 2.07. The number of aliphatic hydroxyl groups excluding tert-OH is 1. The Morgan fingerprint density at radius 2 is 2.25 bits per heavy atom. The summed E-state index contributed by atoms with van der Waals surface area (Å²) in [6, 6.07) is 7.85. The van der Waals surface area contributed by atoms with Crippen molar-refractivity contribution in [3.8, 4) is 5.75 Å². The lowest BCUT2D eigenvalue weighted by molar-refractivity contribution is -0.127. The van der Waals surface area contributed by atoms with Gasteiger partial charge in [0.25, 0.3) is 0 Å². The van der Waals surface area contributed by atoms with Crippen LogP contribution in [0, 0.1) is 0 Å². The molecule has 1 N–H and O–H groups in total. The molecule has 0 radical (unpaired) electrons. The maximum Gasteiger partial charge on any atom is 0.233 e. The van der Waals surface area contributed by atoms with Crippen molar-refractivity contribution in [2.45, 2.75) is 5.37 Å². The van der Waals surface area contributed by atoms with Crippen molar-refractivity contribution in [2.75, 3.05) is 37.5 Å². The maximum absolute atomic E-state index is 12.0. The van der Waals surface area contributed by atoms with Gasteiger partial charge < -0.3 is 14.7 Å². The van der Waals surface area contributed by atoms with Crippen LogP contribution in [0.1, 0.15) is 10.9 Å². The van der Waals surface area contributed by atoms with Gasteiger partial charge in [-0.25, -0.2) is 0 Å². The molecule has 1 amide bonds. The zero-order valence-electron chi connectivity index (χ0n) is 11.4. The summed E-state index contributed by atoms with van der Waals surface area (Å²) in [7, 11) is 1.65. The van der Waals surface area contributed by atoms with Gasteiger partial charge in [-0.3, -0.25) is 4.79 Å². The Morgan fingerprint density at radius 3 is 3.00 bits per heavy atom. The summed E-state index contributed by atoms with van der Waals surface area (Å²) in [4.78, 5) is 13.9. The lowest BCUT2D eigenvalue weighted by Crippen LogP contribution is -2.30. The van der Waals surface area contributed by atoms with Gasteiger partial charge in [-0.2, -0.15) is 11.8 Å². The second-order valence-corrected chi connectivity index (χ2v) is 6.62. The van der Waals surface area contributed by atoms with Crippen molar-refractivity contribution in [3.63, 3.8) is 0 Å². The number of carbonyl (C=O) groups excluding carboxylic acids is 1. The maximum atomic E-state index is 12.0. The fourth-order valence-electron chi connectivity index (χ4n) is 2.15. The molecule has 6 heteroatoms. The number of ether oxygens (including phenoxy) is 1. The largest absolute Gasteiger partial charge is 0.496 e. The Kier molecular flexibility index (Phi) is 6.06. The third-order valence-corrected chi connectivity index (χ3v) is 5.27. The van der Waals surface area contributed by atoms with Crippen molar-refractivity contribution in [1.82, 2.24) is 4.90 Å². The molecule has 1 aromatic carbocycles. The van der Waals surface area contributed by atoms with Gasteiger partial charge in [0, 0.05) is 23.6 Å². The molecule has 1 aromatic rings. The number of amides is 1. The third kappa shape index (κ3) is 3.62. The van der Waals surface area contributed by atoms with E-state index in [2.05, 4.69) is 0 Å². The second-order valence-electron chi connectivity index (χ2n) is 4.33. The molecule has 1 atom stereocenters. The lowest BCUT2D eigenvalue weighted by atomic mass is 10.2. The molecular weight excluding hydrogens is 294 g/mol. The summed E-state index contributed by atoms with van der Waals surface area (Å²) >= 11 is 3.31. The topological polar surface area (TPSA) is 49.8 Å². The third-order valence-electron chi connectivity index (χ3n) is 3.09. The van der Waals surface area contributed by atoms with Crippen molar-refractivity contribution >= 4 is 29.4 Å². The average Bonchev–Trinajstić information content (AvgIpc) is 2.84. The average molecular weight is 313 g/mol. The highest BCUT2D eigenvalue weighted by molar-refractivity contribution is 8.00. The van der Waals surface area contributed by atoms with Gasteiger partial charge in [-0.05, 0) is 6.07 Å². The van der Waals surface area contributed by atoms with E-state index in [4.69, 9.17) is 9.84 Å². The number of thioether (sulfide) groups is 2. The van der Waals surface area contributed by atoms with Gasteiger partial charge in [0.05, 0.1) is 19.5 Å². The van der Waals surface area contributed by atoms with Crippen LogP contribution in [0.4, 0.5) is 0 Å². The van der Waals surface area contributed by atoms with E-state index in [1.165, 1.54) is 0 Å². The second kappa shape index (κ2) is 7.81. The van der Waals surface area contributed by atoms with Crippen LogP contribution >= 0.6 is 23.5 Å². The molecule has 4 nitrogen and oxygen atoms in total. The first kappa shape index (κ1) is 15.5. The molecule has 110 valence electrons. The fourth-order valence-corrected chi connectivity index (χ4v) is 4.06. The van der Waals surface area contributed by atoms with E-state index in [-0.39, 0.29) is 17.9 Å². The quantitative estimate of drug-likeness (QED) is 0.780. The molecule has 0 aliphatic carbocycles. The van der Waals surface area contributed by atoms with E-state index in [9.17, 15) is 4.79 Å². The van der Waals surface area contributed by atoms with Gasteiger partial charge in [-0.1, -0.05) is 18.2 Å². The fraction of sp³-hybridized carbons (Fsp3) is 0.500. The standard InChI is InChI=1S/C14H19NO3S2/c1-18-12-5-3-2-4-11(12)14-15(13(17)10-20-14)6-8-19-9-7-16/h2-5,14,16H,6-10H2,1H3. The number of nitrogens with zero attached hydrogens (tertiary/aromatic N) is 1. The monoisotopic (exact) mass is 313 g/mol. The van der Waals surface area contributed by atoms with Crippen molar-refractivity contribution in [1.29, 1.82) is 0 Å². The zero-order chi connectivity index (χ0) is 14.4. The van der Waals surface area contributed by atoms with E-state index in [0.29, 0.717) is 18.1 Å². The van der Waals surface area contributed by atoms with Crippen LogP contribution in [-0.2, 0) is 4.79 Å². The molecule has 0 bridgehead atoms. The number of methoxy groups -OCH3 is 1. The lowest BCUT2D eigenvalue weighted by Gasteiger charge is -2.25. The predicted octanol–water partition coefficient (Wildman–Crippen LogP) is 1.99. The van der Waals surface area contributed by atoms with E-state index >= 15 is 0 Å². The molecule has 0 saturated carbocycles. The highest BCUT2D eigenvalue weighted by atomic mass is 32.2. The molecule has 1 unspecified atom stereocenters. The molecule has 20 heavy (non-hydrogen) atoms. The van der Waals surface area contributed by atoms with E-state index in [1.807, 2.05) is 29.2 Å². The van der Waals surface area contributed by atoms with Crippen molar-refractivity contribution in [3.05, 3.63) is 29.8 Å². The Bertz CT molecular complexity index is 456.